The number of benzene rings is 3. The molecule has 0 unspecified atom stereocenters. The zero-order valence-electron chi connectivity index (χ0n) is 21.0. The molecule has 1 heterocycles. The van der Waals surface area contributed by atoms with Crippen molar-refractivity contribution in [2.24, 2.45) is 0 Å². The lowest BCUT2D eigenvalue weighted by Gasteiger charge is -2.21. The van der Waals surface area contributed by atoms with E-state index in [1.807, 2.05) is 0 Å². The van der Waals surface area contributed by atoms with Crippen molar-refractivity contribution in [2.45, 2.75) is 30.2 Å². The van der Waals surface area contributed by atoms with E-state index in [9.17, 15) is 27.7 Å². The van der Waals surface area contributed by atoms with E-state index in [0.29, 0.717) is 32.7 Å². The molecule has 39 heavy (non-hydrogen) atoms. The molecule has 9 nitrogen and oxygen atoms in total. The number of nitro benzene ring substituents is 1. The summed E-state index contributed by atoms with van der Waals surface area (Å²) in [7, 11) is -1.60. The molecule has 202 valence electrons. The Kier molecular flexibility index (Phi) is 7.32. The third-order valence-electron chi connectivity index (χ3n) is 6.66. The van der Waals surface area contributed by atoms with Gasteiger partial charge in [-0.1, -0.05) is 6.07 Å². The number of anilines is 1. The van der Waals surface area contributed by atoms with Crippen LogP contribution in [0.2, 0.25) is 0 Å². The molecule has 0 saturated heterocycles. The number of furan rings is 1. The van der Waals surface area contributed by atoms with E-state index in [-0.39, 0.29) is 35.4 Å². The Labute approximate surface area is 229 Å². The quantitative estimate of drug-likeness (QED) is 0.116. The normalized spacial score (nSPS) is 13.1. The van der Waals surface area contributed by atoms with Crippen LogP contribution < -0.4 is 9.62 Å². The first-order chi connectivity index (χ1) is 18.7. The molecule has 1 N–H and O–H groups in total. The van der Waals surface area contributed by atoms with Crippen LogP contribution in [0.1, 0.15) is 40.2 Å². The summed E-state index contributed by atoms with van der Waals surface area (Å²) >= 11 is 1.21. The molecule has 0 radical (unpaired) electrons. The van der Waals surface area contributed by atoms with Crippen molar-refractivity contribution in [3.8, 4) is 11.3 Å². The maximum Gasteiger partial charge on any atom is 0.282 e. The average molecular weight is 570 g/mol. The summed E-state index contributed by atoms with van der Waals surface area (Å²) in [4.78, 5) is 24.2. The van der Waals surface area contributed by atoms with Gasteiger partial charge in [-0.15, -0.1) is 11.8 Å². The van der Waals surface area contributed by atoms with Crippen molar-refractivity contribution >= 4 is 50.9 Å². The van der Waals surface area contributed by atoms with Gasteiger partial charge >= 0.3 is 0 Å². The summed E-state index contributed by atoms with van der Waals surface area (Å²) in [5.74, 6) is -0.450. The third-order valence-corrected chi connectivity index (χ3v) is 8.18. The molecule has 0 aliphatic heterocycles. The van der Waals surface area contributed by atoms with E-state index in [1.165, 1.54) is 53.4 Å². The fourth-order valence-electron chi connectivity index (χ4n) is 4.62. The zero-order valence-corrected chi connectivity index (χ0v) is 22.7. The van der Waals surface area contributed by atoms with Crippen LogP contribution >= 0.6 is 11.8 Å². The number of thiol groups is 1. The minimum Gasteiger partial charge on any atom is -0.455 e. The van der Waals surface area contributed by atoms with E-state index in [0.717, 1.165) is 18.4 Å². The zero-order chi connectivity index (χ0) is 27.8. The van der Waals surface area contributed by atoms with E-state index in [2.05, 4.69) is 5.32 Å². The van der Waals surface area contributed by atoms with Gasteiger partial charge in [-0.2, -0.15) is 0 Å². The van der Waals surface area contributed by atoms with Gasteiger partial charge in [-0.25, -0.2) is 12.8 Å². The molecule has 1 saturated carbocycles. The molecule has 1 aliphatic carbocycles. The maximum atomic E-state index is 13.6. The van der Waals surface area contributed by atoms with Crippen molar-refractivity contribution in [1.29, 1.82) is 0 Å². The summed E-state index contributed by atoms with van der Waals surface area (Å²) < 4.78 is 46.1. The minimum atomic E-state index is -3.10. The summed E-state index contributed by atoms with van der Waals surface area (Å²) in [6, 6.07) is 13.5. The molecule has 1 aromatic heterocycles. The Morgan fingerprint density at radius 3 is 2.49 bits per heavy atom. The average Bonchev–Trinajstić information content (AvgIpc) is 3.71. The number of carbonyl (C=O) groups excluding carboxylic acids is 1. The first kappa shape index (κ1) is 26.7. The van der Waals surface area contributed by atoms with Gasteiger partial charge in [-0.05, 0) is 72.5 Å². The fraction of sp³-hybridized carbons (Fsp3) is 0.222. The van der Waals surface area contributed by atoms with Crippen LogP contribution in [0.25, 0.3) is 22.3 Å². The molecular formula is C27H24FN3O6S2. The number of amides is 1. The number of thioether (sulfide) groups is 1. The van der Waals surface area contributed by atoms with Crippen molar-refractivity contribution < 1.29 is 26.9 Å². The van der Waals surface area contributed by atoms with Gasteiger partial charge in [0.15, 0.2) is 0 Å². The molecule has 1 fully saturated rings. The summed E-state index contributed by atoms with van der Waals surface area (Å²) in [5, 5.41) is 14.5. The van der Waals surface area contributed by atoms with Crippen molar-refractivity contribution in [3.63, 3.8) is 0 Å². The first-order valence-electron chi connectivity index (χ1n) is 12.0. The molecule has 3 aromatic carbocycles. The van der Waals surface area contributed by atoms with Crippen LogP contribution in [0.5, 0.6) is 0 Å². The van der Waals surface area contributed by atoms with E-state index in [1.54, 1.807) is 30.5 Å². The summed E-state index contributed by atoms with van der Waals surface area (Å²) in [6.45, 7) is -0.0384. The van der Waals surface area contributed by atoms with Crippen molar-refractivity contribution in [3.05, 3.63) is 87.2 Å². The lowest BCUT2D eigenvalue weighted by Crippen LogP contribution is -2.22. The second-order valence-electron chi connectivity index (χ2n) is 9.13. The molecule has 4 aromatic rings. The van der Waals surface area contributed by atoms with Crippen LogP contribution in [0, 0.1) is 15.9 Å². The number of hydrogen-bond donors (Lipinski definition) is 2. The van der Waals surface area contributed by atoms with Crippen molar-refractivity contribution in [1.82, 2.24) is 5.32 Å². The van der Waals surface area contributed by atoms with Gasteiger partial charge in [0.05, 0.1) is 27.6 Å². The highest BCUT2D eigenvalue weighted by Gasteiger charge is 2.32. The number of nitrogens with one attached hydrogen (secondary N) is 1. The molecule has 0 bridgehead atoms. The van der Waals surface area contributed by atoms with Gasteiger partial charge in [0.2, 0.25) is 10.9 Å². The van der Waals surface area contributed by atoms with E-state index < -0.39 is 21.6 Å². The molecular weight excluding hydrogens is 545 g/mol. The SMILES string of the molecule is CNC(=O)c1c(-c2ccc(F)cc2)oc2cc(N(Cc3ccc([N+](=O)[O-])c(SC)c3)[SH](=O)=O)c(C3CC3)cc12. The molecule has 0 atom stereocenters. The Balaban J connectivity index is 1.66. The monoisotopic (exact) mass is 569 g/mol. The fourth-order valence-corrected chi connectivity index (χ4v) is 5.87. The Morgan fingerprint density at radius 2 is 1.90 bits per heavy atom. The van der Waals surface area contributed by atoms with E-state index in [4.69, 9.17) is 4.42 Å². The van der Waals surface area contributed by atoms with Gasteiger partial charge in [0.1, 0.15) is 17.2 Å². The largest absolute Gasteiger partial charge is 0.455 e. The van der Waals surface area contributed by atoms with Crippen LogP contribution in [0.15, 0.2) is 63.9 Å². The highest BCUT2D eigenvalue weighted by molar-refractivity contribution is 7.98. The second-order valence-corrected chi connectivity index (χ2v) is 10.9. The van der Waals surface area contributed by atoms with Crippen molar-refractivity contribution in [2.75, 3.05) is 17.6 Å². The van der Waals surface area contributed by atoms with Gasteiger partial charge in [0, 0.05) is 30.1 Å². The number of carbonyl (C=O) groups is 1. The topological polar surface area (TPSA) is 123 Å². The Bertz CT molecular complexity index is 1670. The van der Waals surface area contributed by atoms with Gasteiger partial charge < -0.3 is 9.73 Å². The number of nitro groups is 1. The summed E-state index contributed by atoms with van der Waals surface area (Å²) in [5.41, 5.74) is 2.83. The van der Waals surface area contributed by atoms with Gasteiger partial charge in [-0.3, -0.25) is 19.2 Å². The van der Waals surface area contributed by atoms with Crippen LogP contribution in [-0.4, -0.2) is 32.6 Å². The molecule has 1 amide bonds. The molecule has 0 spiro atoms. The van der Waals surface area contributed by atoms with E-state index >= 15 is 0 Å². The minimum absolute atomic E-state index is 0.0384. The summed E-state index contributed by atoms with van der Waals surface area (Å²) in [6.07, 6.45) is 3.46. The number of rotatable bonds is 9. The Hall–Kier alpha value is -3.90. The predicted molar refractivity (Wildman–Crippen MR) is 148 cm³/mol. The number of halogens is 1. The maximum absolute atomic E-state index is 13.6. The highest BCUT2D eigenvalue weighted by atomic mass is 32.2. The highest BCUT2D eigenvalue weighted by Crippen LogP contribution is 2.48. The Morgan fingerprint density at radius 1 is 1.18 bits per heavy atom. The molecule has 1 aliphatic rings. The van der Waals surface area contributed by atoms with Crippen LogP contribution in [0.3, 0.4) is 0 Å². The van der Waals surface area contributed by atoms with Crippen LogP contribution in [0.4, 0.5) is 15.8 Å². The lowest BCUT2D eigenvalue weighted by molar-refractivity contribution is -0.387. The molecule has 5 rings (SSSR count). The third kappa shape index (κ3) is 5.21. The smallest absolute Gasteiger partial charge is 0.282 e. The molecule has 12 heteroatoms. The lowest BCUT2D eigenvalue weighted by atomic mass is 10.00. The number of nitrogens with zero attached hydrogens (tertiary/aromatic N) is 2. The standard InChI is InChI=1S/C27H24FN3O6S2/c1-29-27(32)25-20-12-19(16-4-5-16)22(13-23(20)37-26(25)17-6-8-18(28)9-7-17)30(39(35)36)14-15-3-10-21(31(33)34)24(11-15)38-2/h3,6-13,16,39H,4-5,14H2,1-2H3,(H,29,32). The first-order valence-corrected chi connectivity index (χ1v) is 14.4. The van der Waals surface area contributed by atoms with Gasteiger partial charge in [0.25, 0.3) is 11.6 Å². The van der Waals surface area contributed by atoms with Crippen LogP contribution in [-0.2, 0) is 17.4 Å². The second kappa shape index (κ2) is 10.7. The predicted octanol–water partition coefficient (Wildman–Crippen LogP) is 5.64. The number of fused-ring (bicyclic) bond motifs is 1. The number of hydrogen-bond acceptors (Lipinski definition) is 7.